The molecule has 0 spiro atoms. The standard InChI is InChI=1S/C17H9ClFN3O4S/c1-3-10-15(8(2)20-7-13(23)26-19)21-17(18)14-11-6-9(22(24)25)4-5-12(11)27-16(10)14/h1,4-6,20H,2,7H2. The van der Waals surface area contributed by atoms with Crippen LogP contribution in [0.3, 0.4) is 0 Å². The van der Waals surface area contributed by atoms with E-state index in [0.717, 1.165) is 4.70 Å². The first-order valence-corrected chi connectivity index (χ1v) is 8.48. The van der Waals surface area contributed by atoms with Gasteiger partial charge in [-0.1, -0.05) is 24.1 Å². The molecule has 0 radical (unpaired) electrons. The van der Waals surface area contributed by atoms with E-state index >= 15 is 0 Å². The van der Waals surface area contributed by atoms with Gasteiger partial charge in [0.05, 0.1) is 20.9 Å². The van der Waals surface area contributed by atoms with Crippen molar-refractivity contribution in [2.45, 2.75) is 0 Å². The minimum atomic E-state index is -1.14. The summed E-state index contributed by atoms with van der Waals surface area (Å²) < 4.78 is 13.2. The Bertz CT molecular complexity index is 1170. The van der Waals surface area contributed by atoms with Crippen molar-refractivity contribution in [3.05, 3.63) is 51.3 Å². The number of hydrogen-bond donors (Lipinski definition) is 1. The van der Waals surface area contributed by atoms with E-state index in [1.54, 1.807) is 6.07 Å². The second kappa shape index (κ2) is 7.19. The Hall–Kier alpha value is -3.22. The summed E-state index contributed by atoms with van der Waals surface area (Å²) in [6, 6.07) is 4.41. The third kappa shape index (κ3) is 3.28. The van der Waals surface area contributed by atoms with E-state index in [4.69, 9.17) is 18.0 Å². The lowest BCUT2D eigenvalue weighted by Gasteiger charge is -2.11. The van der Waals surface area contributed by atoms with Crippen molar-refractivity contribution >= 4 is 60.5 Å². The van der Waals surface area contributed by atoms with Crippen LogP contribution in [0.4, 0.5) is 10.2 Å². The normalized spacial score (nSPS) is 10.6. The molecule has 1 aromatic carbocycles. The minimum absolute atomic E-state index is 0.0711. The van der Waals surface area contributed by atoms with E-state index in [0.29, 0.717) is 21.0 Å². The molecule has 27 heavy (non-hydrogen) atoms. The number of aromatic nitrogens is 1. The first kappa shape index (κ1) is 18.6. The van der Waals surface area contributed by atoms with Gasteiger partial charge in [-0.3, -0.25) is 15.1 Å². The van der Waals surface area contributed by atoms with Crippen LogP contribution in [-0.2, 0) is 9.74 Å². The fraction of sp³-hybridized carbons (Fsp3) is 0.0588. The van der Waals surface area contributed by atoms with E-state index < -0.39 is 17.4 Å². The maximum absolute atomic E-state index is 11.8. The number of nitrogens with one attached hydrogen (secondary N) is 1. The zero-order valence-electron chi connectivity index (χ0n) is 13.4. The Morgan fingerprint density at radius 3 is 2.93 bits per heavy atom. The highest BCUT2D eigenvalue weighted by atomic mass is 35.5. The van der Waals surface area contributed by atoms with Gasteiger partial charge < -0.3 is 5.32 Å². The Labute approximate surface area is 160 Å². The zero-order valence-corrected chi connectivity index (χ0v) is 15.0. The molecule has 2 heterocycles. The average Bonchev–Trinajstić information content (AvgIpc) is 3.04. The molecule has 0 saturated heterocycles. The first-order valence-electron chi connectivity index (χ1n) is 7.28. The summed E-state index contributed by atoms with van der Waals surface area (Å²) in [5.41, 5.74) is 0.632. The molecule has 0 amide bonds. The Kier molecular flexibility index (Phi) is 4.94. The lowest BCUT2D eigenvalue weighted by atomic mass is 10.1. The molecule has 0 aliphatic rings. The first-order chi connectivity index (χ1) is 12.9. The molecule has 7 nitrogen and oxygen atoms in total. The SMILES string of the molecule is C#Cc1c(C(=C)NCC(=O)OF)nc(Cl)c2c1sc1ccc([N+](=O)[O-])cc12. The summed E-state index contributed by atoms with van der Waals surface area (Å²) in [5.74, 6) is 1.37. The van der Waals surface area contributed by atoms with E-state index in [-0.39, 0.29) is 22.2 Å². The molecule has 1 N–H and O–H groups in total. The van der Waals surface area contributed by atoms with Crippen LogP contribution in [-0.4, -0.2) is 22.4 Å². The molecule has 0 aliphatic heterocycles. The zero-order chi connectivity index (χ0) is 19.7. The number of pyridine rings is 1. The number of terminal acetylenes is 1. The fourth-order valence-electron chi connectivity index (χ4n) is 2.54. The van der Waals surface area contributed by atoms with Crippen molar-refractivity contribution in [2.75, 3.05) is 6.54 Å². The van der Waals surface area contributed by atoms with Gasteiger partial charge in [0.2, 0.25) is 0 Å². The van der Waals surface area contributed by atoms with Gasteiger partial charge in [-0.25, -0.2) is 9.78 Å². The summed E-state index contributed by atoms with van der Waals surface area (Å²) in [6.07, 6.45) is 5.63. The molecule has 3 aromatic rings. The molecule has 0 fully saturated rings. The third-order valence-electron chi connectivity index (χ3n) is 3.72. The Morgan fingerprint density at radius 2 is 2.30 bits per heavy atom. The highest BCUT2D eigenvalue weighted by Gasteiger charge is 2.20. The van der Waals surface area contributed by atoms with Crippen molar-refractivity contribution in [3.8, 4) is 12.3 Å². The molecule has 2 aromatic heterocycles. The van der Waals surface area contributed by atoms with Gasteiger partial charge in [-0.05, 0) is 6.07 Å². The van der Waals surface area contributed by atoms with Crippen LogP contribution in [0.2, 0.25) is 5.15 Å². The number of carbonyl (C=O) groups excluding carboxylic acids is 1. The molecular formula is C17H9ClFN3O4S. The van der Waals surface area contributed by atoms with E-state index in [1.807, 2.05) is 0 Å². The number of nitrogens with zero attached hydrogens (tertiary/aromatic N) is 2. The number of carbonyl (C=O) groups is 1. The number of rotatable bonds is 5. The average molecular weight is 406 g/mol. The monoisotopic (exact) mass is 405 g/mol. The third-order valence-corrected chi connectivity index (χ3v) is 5.19. The molecule has 0 aliphatic carbocycles. The summed E-state index contributed by atoms with van der Waals surface area (Å²) in [6.45, 7) is 3.26. The minimum Gasteiger partial charge on any atom is -0.373 e. The Balaban J connectivity index is 2.20. The van der Waals surface area contributed by atoms with Crippen molar-refractivity contribution in [1.29, 1.82) is 0 Å². The Morgan fingerprint density at radius 1 is 1.56 bits per heavy atom. The smallest absolute Gasteiger partial charge is 0.367 e. The maximum Gasteiger partial charge on any atom is 0.367 e. The highest BCUT2D eigenvalue weighted by molar-refractivity contribution is 7.26. The van der Waals surface area contributed by atoms with Gasteiger partial charge in [0.15, 0.2) is 0 Å². The van der Waals surface area contributed by atoms with Crippen LogP contribution in [0.5, 0.6) is 0 Å². The second-order valence-corrected chi connectivity index (χ2v) is 6.71. The van der Waals surface area contributed by atoms with Gasteiger partial charge in [0.25, 0.3) is 5.69 Å². The second-order valence-electron chi connectivity index (χ2n) is 5.30. The quantitative estimate of drug-likeness (QED) is 0.298. The number of benzene rings is 1. The number of thiophene rings is 1. The van der Waals surface area contributed by atoms with Gasteiger partial charge in [-0.2, -0.15) is 0 Å². The maximum atomic E-state index is 11.8. The van der Waals surface area contributed by atoms with Gasteiger partial charge in [0, 0.05) is 32.1 Å². The number of nitro benzene ring substituents is 1. The molecule has 3 rings (SSSR count). The van der Waals surface area contributed by atoms with E-state index in [2.05, 4.69) is 27.7 Å². The predicted molar refractivity (Wildman–Crippen MR) is 101 cm³/mol. The van der Waals surface area contributed by atoms with Gasteiger partial charge in [-0.15, -0.1) is 17.8 Å². The molecule has 0 saturated carbocycles. The summed E-state index contributed by atoms with van der Waals surface area (Å²) >= 11 is 7.61. The predicted octanol–water partition coefficient (Wildman–Crippen LogP) is 3.98. The number of non-ortho nitro benzene ring substituents is 1. The van der Waals surface area contributed by atoms with Gasteiger partial charge >= 0.3 is 5.97 Å². The molecule has 0 unspecified atom stereocenters. The van der Waals surface area contributed by atoms with Crippen LogP contribution in [0.1, 0.15) is 11.3 Å². The lowest BCUT2D eigenvalue weighted by molar-refractivity contribution is -0.384. The summed E-state index contributed by atoms with van der Waals surface area (Å²) in [4.78, 5) is 28.8. The number of hydrogen-bond acceptors (Lipinski definition) is 7. The van der Waals surface area contributed by atoms with Crippen molar-refractivity contribution in [3.63, 3.8) is 0 Å². The number of halogens is 2. The summed E-state index contributed by atoms with van der Waals surface area (Å²) in [7, 11) is 0. The largest absolute Gasteiger partial charge is 0.373 e. The summed E-state index contributed by atoms with van der Waals surface area (Å²) in [5, 5.41) is 14.7. The van der Waals surface area contributed by atoms with Gasteiger partial charge in [0.1, 0.15) is 17.4 Å². The van der Waals surface area contributed by atoms with Crippen LogP contribution >= 0.6 is 22.9 Å². The van der Waals surface area contributed by atoms with Crippen LogP contribution in [0.25, 0.3) is 25.9 Å². The molecular weight excluding hydrogens is 397 g/mol. The lowest BCUT2D eigenvalue weighted by Crippen LogP contribution is -2.22. The van der Waals surface area contributed by atoms with Crippen LogP contribution in [0, 0.1) is 22.5 Å². The molecule has 136 valence electrons. The molecule has 0 atom stereocenters. The van der Waals surface area contributed by atoms with Crippen molar-refractivity contribution in [2.24, 2.45) is 0 Å². The topological polar surface area (TPSA) is 94.4 Å². The van der Waals surface area contributed by atoms with Crippen LogP contribution in [0.15, 0.2) is 24.8 Å². The van der Waals surface area contributed by atoms with E-state index in [9.17, 15) is 19.4 Å². The van der Waals surface area contributed by atoms with Crippen molar-refractivity contribution in [1.82, 2.24) is 10.3 Å². The molecule has 10 heteroatoms. The fourth-order valence-corrected chi connectivity index (χ4v) is 4.07. The molecule has 0 bridgehead atoms. The van der Waals surface area contributed by atoms with Crippen molar-refractivity contribution < 1.29 is 19.2 Å². The highest BCUT2D eigenvalue weighted by Crippen LogP contribution is 2.41. The number of fused-ring (bicyclic) bond motifs is 3. The number of nitro groups is 1. The van der Waals surface area contributed by atoms with Crippen LogP contribution < -0.4 is 5.32 Å². The van der Waals surface area contributed by atoms with E-state index in [1.165, 1.54) is 23.5 Å².